The van der Waals surface area contributed by atoms with Crippen molar-refractivity contribution in [1.82, 2.24) is 0 Å². The first-order valence-corrected chi connectivity index (χ1v) is 3.86. The molecule has 0 bridgehead atoms. The molecule has 0 aliphatic carbocycles. The Kier molecular flexibility index (Phi) is 12.3. The molecule has 0 aliphatic rings. The number of hydrogen-bond acceptors (Lipinski definition) is 0. The summed E-state index contributed by atoms with van der Waals surface area (Å²) >= 11 is 0. The van der Waals surface area contributed by atoms with Crippen molar-refractivity contribution in [2.45, 2.75) is 52.6 Å². The number of nitrogens with zero attached hydrogens (tertiary/aromatic N) is 1. The fourth-order valence-corrected chi connectivity index (χ4v) is 1.00. The molecule has 0 amide bonds. The van der Waals surface area contributed by atoms with Crippen LogP contribution in [0.4, 0.5) is 0 Å². The summed E-state index contributed by atoms with van der Waals surface area (Å²) in [6.07, 6.45) is 2.48. The minimum atomic E-state index is 0. The predicted molar refractivity (Wildman–Crippen MR) is 42.9 cm³/mol. The SMILES string of the molecule is CCCC(C)[N-]C(C)C.[K+]. The molecule has 0 fully saturated rings. The van der Waals surface area contributed by atoms with Gasteiger partial charge in [0.15, 0.2) is 0 Å². The van der Waals surface area contributed by atoms with E-state index < -0.39 is 0 Å². The molecule has 0 spiro atoms. The molecule has 0 N–H and O–H groups in total. The van der Waals surface area contributed by atoms with Crippen LogP contribution in [0.25, 0.3) is 5.32 Å². The molecule has 1 unspecified atom stereocenters. The zero-order chi connectivity index (χ0) is 7.28. The van der Waals surface area contributed by atoms with Gasteiger partial charge in [0.2, 0.25) is 0 Å². The molecule has 0 saturated heterocycles. The van der Waals surface area contributed by atoms with Crippen molar-refractivity contribution < 1.29 is 51.4 Å². The Bertz CT molecular complexity index is 64.3. The van der Waals surface area contributed by atoms with Crippen molar-refractivity contribution in [3.63, 3.8) is 0 Å². The van der Waals surface area contributed by atoms with E-state index in [2.05, 4.69) is 33.0 Å². The number of rotatable bonds is 4. The van der Waals surface area contributed by atoms with Gasteiger partial charge < -0.3 is 5.32 Å². The standard InChI is InChI=1S/C8H18N.K/c1-5-6-8(4)9-7(2)3;/h7-8H,5-6H2,1-4H3;/q-1;+1. The molecule has 2 heteroatoms. The quantitative estimate of drug-likeness (QED) is 0.522. The van der Waals surface area contributed by atoms with Gasteiger partial charge in [-0.25, -0.2) is 0 Å². The summed E-state index contributed by atoms with van der Waals surface area (Å²) < 4.78 is 0. The molecule has 0 aromatic heterocycles. The van der Waals surface area contributed by atoms with Crippen LogP contribution in [0.5, 0.6) is 0 Å². The minimum absolute atomic E-state index is 0. The molecule has 0 heterocycles. The Morgan fingerprint density at radius 1 is 1.20 bits per heavy atom. The summed E-state index contributed by atoms with van der Waals surface area (Å²) in [5, 5.41) is 4.47. The summed E-state index contributed by atoms with van der Waals surface area (Å²) in [4.78, 5) is 0. The molecule has 0 saturated carbocycles. The van der Waals surface area contributed by atoms with Gasteiger partial charge in [0, 0.05) is 0 Å². The second-order valence-electron chi connectivity index (χ2n) is 2.88. The molecule has 0 aromatic rings. The molecule has 56 valence electrons. The first-order chi connectivity index (χ1) is 4.16. The van der Waals surface area contributed by atoms with E-state index in [1.54, 1.807) is 0 Å². The van der Waals surface area contributed by atoms with Gasteiger partial charge in [-0.15, -0.1) is 12.1 Å². The average Bonchev–Trinajstić information content (AvgIpc) is 1.63. The third kappa shape index (κ3) is 9.60. The van der Waals surface area contributed by atoms with Gasteiger partial charge in [-0.1, -0.05) is 40.5 Å². The van der Waals surface area contributed by atoms with Crippen LogP contribution >= 0.6 is 0 Å². The second kappa shape index (κ2) is 8.69. The van der Waals surface area contributed by atoms with E-state index in [9.17, 15) is 0 Å². The van der Waals surface area contributed by atoms with Gasteiger partial charge in [-0.3, -0.25) is 0 Å². The summed E-state index contributed by atoms with van der Waals surface area (Å²) in [6.45, 7) is 8.65. The van der Waals surface area contributed by atoms with Crippen LogP contribution in [0.3, 0.4) is 0 Å². The molecule has 0 aliphatic heterocycles. The fraction of sp³-hybridized carbons (Fsp3) is 1.00. The predicted octanol–water partition coefficient (Wildman–Crippen LogP) is -0.0389. The second-order valence-corrected chi connectivity index (χ2v) is 2.88. The summed E-state index contributed by atoms with van der Waals surface area (Å²) in [5.41, 5.74) is 0. The van der Waals surface area contributed by atoms with Crippen LogP contribution in [0.15, 0.2) is 0 Å². The zero-order valence-electron chi connectivity index (χ0n) is 8.02. The van der Waals surface area contributed by atoms with Crippen molar-refractivity contribution >= 4 is 0 Å². The molecule has 0 rings (SSSR count). The van der Waals surface area contributed by atoms with Crippen LogP contribution in [0, 0.1) is 0 Å². The Morgan fingerprint density at radius 3 is 2.00 bits per heavy atom. The maximum absolute atomic E-state index is 4.47. The van der Waals surface area contributed by atoms with Gasteiger partial charge in [0.25, 0.3) is 0 Å². The van der Waals surface area contributed by atoms with E-state index in [1.165, 1.54) is 12.8 Å². The maximum atomic E-state index is 4.47. The van der Waals surface area contributed by atoms with Gasteiger partial charge in [-0.2, -0.15) is 0 Å². The largest absolute Gasteiger partial charge is 1.00 e. The Balaban J connectivity index is 0. The summed E-state index contributed by atoms with van der Waals surface area (Å²) in [7, 11) is 0. The molecular weight excluding hydrogens is 149 g/mol. The molecule has 0 aromatic carbocycles. The van der Waals surface area contributed by atoms with Crippen molar-refractivity contribution in [2.24, 2.45) is 0 Å². The van der Waals surface area contributed by atoms with E-state index >= 15 is 0 Å². The van der Waals surface area contributed by atoms with E-state index in [0.29, 0.717) is 12.1 Å². The third-order valence-electron chi connectivity index (χ3n) is 1.26. The van der Waals surface area contributed by atoms with E-state index in [1.807, 2.05) is 0 Å². The monoisotopic (exact) mass is 167 g/mol. The normalized spacial score (nSPS) is 12.9. The van der Waals surface area contributed by atoms with Crippen LogP contribution in [-0.4, -0.2) is 12.1 Å². The van der Waals surface area contributed by atoms with Gasteiger partial charge in [-0.05, 0) is 0 Å². The molecule has 0 radical (unpaired) electrons. The number of hydrogen-bond donors (Lipinski definition) is 0. The minimum Gasteiger partial charge on any atom is -0.657 e. The van der Waals surface area contributed by atoms with E-state index in [4.69, 9.17) is 0 Å². The average molecular weight is 167 g/mol. The van der Waals surface area contributed by atoms with Gasteiger partial charge >= 0.3 is 51.4 Å². The van der Waals surface area contributed by atoms with Crippen LogP contribution in [0.1, 0.15) is 40.5 Å². The van der Waals surface area contributed by atoms with Gasteiger partial charge in [0.05, 0.1) is 0 Å². The Morgan fingerprint density at radius 2 is 1.70 bits per heavy atom. The fourth-order valence-electron chi connectivity index (χ4n) is 1.00. The first kappa shape index (κ1) is 14.1. The van der Waals surface area contributed by atoms with Crippen LogP contribution < -0.4 is 51.4 Å². The van der Waals surface area contributed by atoms with Crippen molar-refractivity contribution in [3.05, 3.63) is 5.32 Å². The first-order valence-electron chi connectivity index (χ1n) is 3.86. The smallest absolute Gasteiger partial charge is 0.657 e. The van der Waals surface area contributed by atoms with Crippen molar-refractivity contribution in [3.8, 4) is 0 Å². The molecule has 10 heavy (non-hydrogen) atoms. The summed E-state index contributed by atoms with van der Waals surface area (Å²) in [5.74, 6) is 0. The molecular formula is C8H18KN. The van der Waals surface area contributed by atoms with E-state index in [-0.39, 0.29) is 51.4 Å². The van der Waals surface area contributed by atoms with Gasteiger partial charge in [0.1, 0.15) is 0 Å². The van der Waals surface area contributed by atoms with Crippen LogP contribution in [-0.2, 0) is 0 Å². The maximum Gasteiger partial charge on any atom is 1.00 e. The topological polar surface area (TPSA) is 14.1 Å². The summed E-state index contributed by atoms with van der Waals surface area (Å²) in [6, 6.07) is 1.07. The van der Waals surface area contributed by atoms with Crippen LogP contribution in [0.2, 0.25) is 0 Å². The zero-order valence-corrected chi connectivity index (χ0v) is 11.1. The third-order valence-corrected chi connectivity index (χ3v) is 1.26. The van der Waals surface area contributed by atoms with Crippen molar-refractivity contribution in [1.29, 1.82) is 0 Å². The van der Waals surface area contributed by atoms with Crippen molar-refractivity contribution in [2.75, 3.05) is 0 Å². The molecule has 1 atom stereocenters. The Hall–Kier alpha value is 1.60. The molecule has 1 nitrogen and oxygen atoms in total. The Labute approximate surface area is 108 Å². The van der Waals surface area contributed by atoms with E-state index in [0.717, 1.165) is 0 Å².